The average molecular weight is 670 g/mol. The number of aromatic amines is 1. The second-order valence-corrected chi connectivity index (χ2v) is 10.8. The van der Waals surface area contributed by atoms with Gasteiger partial charge in [0.25, 0.3) is 0 Å². The number of aliphatic imine (C=N–C) groups is 1. The van der Waals surface area contributed by atoms with Crippen LogP contribution in [0.5, 0.6) is 0 Å². The summed E-state index contributed by atoms with van der Waals surface area (Å²) in [6.45, 7) is 34.8. The van der Waals surface area contributed by atoms with Crippen LogP contribution in [0, 0.1) is 40.5 Å². The maximum Gasteiger partial charge on any atom is 0.213 e. The van der Waals surface area contributed by atoms with Gasteiger partial charge in [-0.05, 0) is 78.9 Å². The van der Waals surface area contributed by atoms with Crippen LogP contribution >= 0.6 is 11.3 Å². The molecule has 3 aliphatic heterocycles. The van der Waals surface area contributed by atoms with Gasteiger partial charge in [0, 0.05) is 52.1 Å². The van der Waals surface area contributed by atoms with Gasteiger partial charge >= 0.3 is 0 Å². The number of nitrogens with one attached hydrogen (secondary N) is 1. The van der Waals surface area contributed by atoms with Crippen molar-refractivity contribution in [1.29, 1.82) is 0 Å². The number of H-pyrrole nitrogens is 1. The number of hydrogen-bond donors (Lipinski definition) is 1. The van der Waals surface area contributed by atoms with E-state index in [1.807, 2.05) is 82.4 Å². The van der Waals surface area contributed by atoms with Crippen LogP contribution in [0.3, 0.4) is 0 Å². The normalized spacial score (nSPS) is 17.7. The monoisotopic (exact) mass is 670 g/mol. The van der Waals surface area contributed by atoms with E-state index in [0.717, 1.165) is 41.6 Å². The summed E-state index contributed by atoms with van der Waals surface area (Å²) in [5.74, 6) is 3.04. The molecule has 3 atom stereocenters. The summed E-state index contributed by atoms with van der Waals surface area (Å²) < 4.78 is 15.1. The van der Waals surface area contributed by atoms with E-state index in [0.29, 0.717) is 23.9 Å². The third-order valence-corrected chi connectivity index (χ3v) is 6.03. The molecule has 11 heteroatoms. The van der Waals surface area contributed by atoms with Crippen LogP contribution in [0.1, 0.15) is 136 Å². The lowest BCUT2D eigenvalue weighted by molar-refractivity contribution is 0.125. The Hall–Kier alpha value is -2.50. The molecule has 270 valence electrons. The highest BCUT2D eigenvalue weighted by Gasteiger charge is 2.08. The molecule has 1 N–H and O–H groups in total. The average Bonchev–Trinajstić information content (AvgIpc) is 3.93. The number of ether oxygens (including phenoxy) is 2. The lowest BCUT2D eigenvalue weighted by Gasteiger charge is -1.94. The molecule has 2 fully saturated rings. The van der Waals surface area contributed by atoms with E-state index in [2.05, 4.69) is 56.1 Å². The molecule has 3 aromatic heterocycles. The number of rotatable bonds is 0. The predicted octanol–water partition coefficient (Wildman–Crippen LogP) is 10.1. The van der Waals surface area contributed by atoms with Gasteiger partial charge in [0.2, 0.25) is 11.8 Å². The standard InChI is InChI=1S/C5H9N.2C5H10O.C4H6N2O.C4H6N2S.C4H6N2.4C2H6/c1-5-3-2-4-6-5;1-5-2-3-6-4-5;1-5-3-2-4-6-5;2*1-3-5-6-4(2)7-3;1-4-5-2-3-6-4;4*1-2/h4-5H,2-3H2,1H3;2*5H,2-4H2,1H3;2*1-2H3;2-3H,1H3,(H,5,6);4*1-2H3. The summed E-state index contributed by atoms with van der Waals surface area (Å²) in [5.41, 5.74) is 0. The minimum atomic E-state index is 0.546. The molecule has 0 amide bonds. The first-order valence-corrected chi connectivity index (χ1v) is 18.2. The van der Waals surface area contributed by atoms with Gasteiger partial charge in [-0.15, -0.1) is 31.7 Å². The quantitative estimate of drug-likeness (QED) is 0.251. The van der Waals surface area contributed by atoms with Crippen LogP contribution in [0.25, 0.3) is 0 Å². The molecule has 3 aliphatic rings. The third kappa shape index (κ3) is 36.0. The van der Waals surface area contributed by atoms with Crippen LogP contribution in [0.4, 0.5) is 0 Å². The molecule has 46 heavy (non-hydrogen) atoms. The predicted molar refractivity (Wildman–Crippen MR) is 198 cm³/mol. The van der Waals surface area contributed by atoms with Crippen LogP contribution < -0.4 is 0 Å². The van der Waals surface area contributed by atoms with E-state index in [1.54, 1.807) is 37.6 Å². The fourth-order valence-electron chi connectivity index (χ4n) is 3.17. The molecule has 2 saturated heterocycles. The number of hydrogen-bond acceptors (Lipinski definition) is 10. The zero-order chi connectivity index (χ0) is 36.2. The molecular formula is C35H71N7O3S. The Bertz CT molecular complexity index is 881. The van der Waals surface area contributed by atoms with Crippen LogP contribution in [-0.4, -0.2) is 68.5 Å². The maximum absolute atomic E-state index is 5.15. The maximum atomic E-state index is 5.15. The second-order valence-electron chi connectivity index (χ2n) is 9.41. The Morgan fingerprint density at radius 1 is 0.739 bits per heavy atom. The van der Waals surface area contributed by atoms with Crippen molar-refractivity contribution in [3.63, 3.8) is 0 Å². The molecule has 0 radical (unpaired) electrons. The molecular weight excluding hydrogens is 598 g/mol. The van der Waals surface area contributed by atoms with Gasteiger partial charge in [0.1, 0.15) is 15.8 Å². The third-order valence-electron chi connectivity index (χ3n) is 5.28. The summed E-state index contributed by atoms with van der Waals surface area (Å²) in [5, 5.41) is 16.8. The number of aromatic nitrogens is 6. The van der Waals surface area contributed by atoms with Gasteiger partial charge < -0.3 is 18.9 Å². The van der Waals surface area contributed by atoms with Crippen molar-refractivity contribution >= 4 is 17.6 Å². The van der Waals surface area contributed by atoms with E-state index in [9.17, 15) is 0 Å². The largest absolute Gasteiger partial charge is 0.426 e. The highest BCUT2D eigenvalue weighted by molar-refractivity contribution is 7.11. The number of aryl methyl sites for hydroxylation is 5. The lowest BCUT2D eigenvalue weighted by Crippen LogP contribution is -1.94. The van der Waals surface area contributed by atoms with E-state index in [1.165, 1.54) is 32.1 Å². The smallest absolute Gasteiger partial charge is 0.213 e. The Balaban J connectivity index is -0.000000220. The molecule has 0 aromatic carbocycles. The van der Waals surface area contributed by atoms with Gasteiger partial charge in [0.15, 0.2) is 0 Å². The first-order valence-electron chi connectivity index (χ1n) is 17.4. The summed E-state index contributed by atoms with van der Waals surface area (Å²) >= 11 is 1.62. The molecule has 6 heterocycles. The first-order chi connectivity index (χ1) is 22.2. The SMILES string of the molecule is CC.CC.CC.CC.CC1CCC=N1.CC1CCCO1.CC1CCOC1.Cc1ncc[nH]1.Cc1nnc(C)o1.Cc1nnc(C)s1. The Morgan fingerprint density at radius 2 is 1.30 bits per heavy atom. The number of imidazole rings is 1. The van der Waals surface area contributed by atoms with Crippen LogP contribution in [0.15, 0.2) is 21.8 Å². The van der Waals surface area contributed by atoms with Gasteiger partial charge in [-0.25, -0.2) is 4.98 Å². The van der Waals surface area contributed by atoms with Gasteiger partial charge in [-0.3, -0.25) is 4.99 Å². The Labute approximate surface area is 287 Å². The molecule has 0 spiro atoms. The summed E-state index contributed by atoms with van der Waals surface area (Å²) in [6.07, 6.45) is 12.3. The van der Waals surface area contributed by atoms with Crippen molar-refractivity contribution < 1.29 is 13.9 Å². The minimum Gasteiger partial charge on any atom is -0.426 e. The summed E-state index contributed by atoms with van der Waals surface area (Å²) in [4.78, 5) is 10.9. The highest BCUT2D eigenvalue weighted by atomic mass is 32.1. The first kappa shape index (κ1) is 50.4. The lowest BCUT2D eigenvalue weighted by atomic mass is 10.2. The van der Waals surface area contributed by atoms with E-state index >= 15 is 0 Å². The second kappa shape index (κ2) is 38.7. The topological polar surface area (TPSA) is 124 Å². The molecule has 3 aromatic rings. The molecule has 3 unspecified atom stereocenters. The molecule has 6 rings (SSSR count). The molecule has 0 aliphatic carbocycles. The Kier molecular flexibility index (Phi) is 42.3. The zero-order valence-electron chi connectivity index (χ0n) is 32.4. The summed E-state index contributed by atoms with van der Waals surface area (Å²) in [6, 6.07) is 0.616. The fraction of sp³-hybridized carbons (Fsp3) is 0.771. The van der Waals surface area contributed by atoms with Gasteiger partial charge in [-0.1, -0.05) is 62.3 Å². The summed E-state index contributed by atoms with van der Waals surface area (Å²) in [7, 11) is 0. The zero-order valence-corrected chi connectivity index (χ0v) is 33.3. The Morgan fingerprint density at radius 3 is 1.43 bits per heavy atom. The van der Waals surface area contributed by atoms with Crippen molar-refractivity contribution in [1.82, 2.24) is 30.4 Å². The van der Waals surface area contributed by atoms with Crippen molar-refractivity contribution in [2.45, 2.75) is 155 Å². The van der Waals surface area contributed by atoms with E-state index in [-0.39, 0.29) is 0 Å². The molecule has 10 nitrogen and oxygen atoms in total. The fourth-order valence-corrected chi connectivity index (χ4v) is 3.76. The minimum absolute atomic E-state index is 0.546. The molecule has 0 saturated carbocycles. The van der Waals surface area contributed by atoms with Crippen LogP contribution in [0.2, 0.25) is 0 Å². The molecule has 0 bridgehead atoms. The van der Waals surface area contributed by atoms with Crippen molar-refractivity contribution in [2.75, 3.05) is 19.8 Å². The van der Waals surface area contributed by atoms with Crippen molar-refractivity contribution in [3.8, 4) is 0 Å². The van der Waals surface area contributed by atoms with Gasteiger partial charge in [-0.2, -0.15) is 0 Å². The van der Waals surface area contributed by atoms with E-state index < -0.39 is 0 Å². The van der Waals surface area contributed by atoms with Crippen molar-refractivity contribution in [3.05, 3.63) is 40.0 Å². The highest BCUT2D eigenvalue weighted by Crippen LogP contribution is 2.10. The van der Waals surface area contributed by atoms with E-state index in [4.69, 9.17) is 13.9 Å². The van der Waals surface area contributed by atoms with Gasteiger partial charge in [0.05, 0.1) is 6.10 Å². The number of nitrogens with zero attached hydrogens (tertiary/aromatic N) is 6. The van der Waals surface area contributed by atoms with Crippen molar-refractivity contribution in [2.24, 2.45) is 10.9 Å². The van der Waals surface area contributed by atoms with Crippen LogP contribution in [-0.2, 0) is 9.47 Å².